The molecule has 4 rings (SSSR count). The summed E-state index contributed by atoms with van der Waals surface area (Å²) in [5.74, 6) is -1.96. The fourth-order valence-corrected chi connectivity index (χ4v) is 5.02. The van der Waals surface area contributed by atoms with Crippen LogP contribution in [0.15, 0.2) is 72.8 Å². The Morgan fingerprint density at radius 3 is 2.30 bits per heavy atom. The van der Waals surface area contributed by atoms with E-state index in [0.29, 0.717) is 16.1 Å². The maximum absolute atomic E-state index is 14.9. The molecule has 0 bridgehead atoms. The molecule has 0 aliphatic heterocycles. The topological polar surface area (TPSA) is 93.1 Å². The van der Waals surface area contributed by atoms with Gasteiger partial charge in [-0.05, 0) is 54.4 Å². The zero-order valence-corrected chi connectivity index (χ0v) is 24.6. The molecule has 1 unspecified atom stereocenters. The second kappa shape index (κ2) is 11.4. The second-order valence-electron chi connectivity index (χ2n) is 10.8. The number of halogens is 2. The van der Waals surface area contributed by atoms with E-state index in [1.807, 2.05) is 49.4 Å². The smallest absolute Gasteiger partial charge is 0.232 e. The van der Waals surface area contributed by atoms with E-state index in [0.717, 1.165) is 28.9 Å². The highest BCUT2D eigenvalue weighted by molar-refractivity contribution is 7.92. The molecule has 0 radical (unpaired) electrons. The van der Waals surface area contributed by atoms with Crippen LogP contribution in [-0.2, 0) is 26.8 Å². The first-order valence-electron chi connectivity index (χ1n) is 12.7. The van der Waals surface area contributed by atoms with E-state index >= 15 is 0 Å². The Morgan fingerprint density at radius 1 is 1.02 bits per heavy atom. The molecule has 10 heteroatoms. The van der Waals surface area contributed by atoms with Crippen LogP contribution >= 0.6 is 11.6 Å². The van der Waals surface area contributed by atoms with Crippen LogP contribution in [0.2, 0.25) is 5.02 Å². The van der Waals surface area contributed by atoms with Gasteiger partial charge in [0, 0.05) is 10.4 Å². The van der Waals surface area contributed by atoms with Gasteiger partial charge in [-0.15, -0.1) is 0 Å². The van der Waals surface area contributed by atoms with Crippen molar-refractivity contribution in [3.8, 4) is 5.69 Å². The van der Waals surface area contributed by atoms with Crippen molar-refractivity contribution in [3.05, 3.63) is 112 Å². The van der Waals surface area contributed by atoms with Crippen molar-refractivity contribution in [2.45, 2.75) is 45.6 Å². The Bertz CT molecular complexity index is 1640. The Balaban J connectivity index is 1.68. The molecule has 0 aliphatic rings. The number of rotatable bonds is 8. The molecule has 3 aromatic carbocycles. The maximum Gasteiger partial charge on any atom is 0.232 e. The zero-order valence-electron chi connectivity index (χ0n) is 23.0. The van der Waals surface area contributed by atoms with Gasteiger partial charge >= 0.3 is 0 Å². The molecular weight excluding hydrogens is 551 g/mol. The molecule has 2 N–H and O–H groups in total. The van der Waals surface area contributed by atoms with Gasteiger partial charge in [-0.2, -0.15) is 5.10 Å². The minimum absolute atomic E-state index is 0.160. The number of hydrogen-bond donors (Lipinski definition) is 2. The number of carbonyl (C=O) groups is 1. The van der Waals surface area contributed by atoms with Crippen LogP contribution in [0.1, 0.15) is 54.8 Å². The van der Waals surface area contributed by atoms with Crippen LogP contribution in [0.25, 0.3) is 5.69 Å². The molecule has 1 atom stereocenters. The number of anilines is 1. The van der Waals surface area contributed by atoms with Gasteiger partial charge in [0.15, 0.2) is 0 Å². The van der Waals surface area contributed by atoms with E-state index in [4.69, 9.17) is 16.7 Å². The highest BCUT2D eigenvalue weighted by atomic mass is 35.5. The molecule has 7 nitrogen and oxygen atoms in total. The van der Waals surface area contributed by atoms with Crippen LogP contribution < -0.4 is 10.0 Å². The van der Waals surface area contributed by atoms with Crippen molar-refractivity contribution in [2.75, 3.05) is 11.0 Å². The number of nitrogens with zero attached hydrogens (tertiary/aromatic N) is 2. The lowest BCUT2D eigenvalue weighted by Gasteiger charge is -2.19. The molecule has 0 spiro atoms. The van der Waals surface area contributed by atoms with Crippen molar-refractivity contribution in [2.24, 2.45) is 0 Å². The van der Waals surface area contributed by atoms with E-state index < -0.39 is 21.8 Å². The largest absolute Gasteiger partial charge is 0.350 e. The standard InChI is InChI=1S/C30H32ClFN4O3S/c1-19-9-11-20(12-10-19)28(21-13-14-26(25(32)15-21)35-40(5,38)39)29(37)33-18-24-17-27(30(2,3)4)34-36(24)23-8-6-7-22(31)16-23/h6-17,28,35H,18H2,1-5H3,(H,33,37). The summed E-state index contributed by atoms with van der Waals surface area (Å²) < 4.78 is 42.1. The Hall–Kier alpha value is -3.69. The van der Waals surface area contributed by atoms with Crippen LogP contribution in [0.3, 0.4) is 0 Å². The molecule has 40 heavy (non-hydrogen) atoms. The SMILES string of the molecule is Cc1ccc(C(C(=O)NCc2cc(C(C)(C)C)nn2-c2cccc(Cl)c2)c2ccc(NS(C)(=O)=O)c(F)c2)cc1. The Morgan fingerprint density at radius 2 is 1.70 bits per heavy atom. The van der Waals surface area contributed by atoms with E-state index in [1.54, 1.807) is 22.9 Å². The first-order valence-corrected chi connectivity index (χ1v) is 14.9. The number of carbonyl (C=O) groups excluding carboxylic acids is 1. The first kappa shape index (κ1) is 29.3. The number of benzene rings is 3. The van der Waals surface area contributed by atoms with Crippen LogP contribution in [-0.4, -0.2) is 30.4 Å². The van der Waals surface area contributed by atoms with Gasteiger partial charge in [-0.3, -0.25) is 9.52 Å². The molecule has 4 aromatic rings. The summed E-state index contributed by atoms with van der Waals surface area (Å²) in [4.78, 5) is 13.7. The lowest BCUT2D eigenvalue weighted by atomic mass is 9.89. The predicted octanol–water partition coefficient (Wildman–Crippen LogP) is 6.09. The number of aromatic nitrogens is 2. The van der Waals surface area contributed by atoms with Gasteiger partial charge < -0.3 is 5.32 Å². The summed E-state index contributed by atoms with van der Waals surface area (Å²) in [5.41, 5.74) is 4.02. The van der Waals surface area contributed by atoms with Crippen LogP contribution in [0.4, 0.5) is 10.1 Å². The minimum atomic E-state index is -3.67. The first-order chi connectivity index (χ1) is 18.7. The van der Waals surface area contributed by atoms with Crippen molar-refractivity contribution in [1.29, 1.82) is 0 Å². The molecule has 1 amide bonds. The number of nitrogens with one attached hydrogen (secondary N) is 2. The molecule has 0 saturated heterocycles. The summed E-state index contributed by atoms with van der Waals surface area (Å²) in [6.45, 7) is 8.28. The summed E-state index contributed by atoms with van der Waals surface area (Å²) >= 11 is 6.24. The van der Waals surface area contributed by atoms with E-state index in [-0.39, 0.29) is 23.6 Å². The van der Waals surface area contributed by atoms with E-state index in [2.05, 4.69) is 30.8 Å². The molecular formula is C30H32ClFN4O3S. The highest BCUT2D eigenvalue weighted by Crippen LogP contribution is 2.29. The molecule has 0 saturated carbocycles. The molecule has 1 heterocycles. The van der Waals surface area contributed by atoms with Crippen molar-refractivity contribution >= 4 is 33.2 Å². The quantitative estimate of drug-likeness (QED) is 0.263. The fourth-order valence-electron chi connectivity index (χ4n) is 4.27. The third kappa shape index (κ3) is 7.08. The van der Waals surface area contributed by atoms with E-state index in [9.17, 15) is 17.6 Å². The molecule has 0 aliphatic carbocycles. The minimum Gasteiger partial charge on any atom is -0.350 e. The van der Waals surface area contributed by atoms with Gasteiger partial charge in [-0.1, -0.05) is 74.3 Å². The average molecular weight is 583 g/mol. The number of sulfonamides is 1. The van der Waals surface area contributed by atoms with Gasteiger partial charge in [0.25, 0.3) is 0 Å². The summed E-state index contributed by atoms with van der Waals surface area (Å²) in [6.07, 6.45) is 0.947. The Labute approximate surface area is 239 Å². The number of aryl methyl sites for hydroxylation is 1. The lowest BCUT2D eigenvalue weighted by Crippen LogP contribution is -2.30. The van der Waals surface area contributed by atoms with Gasteiger partial charge in [0.05, 0.1) is 41.5 Å². The number of amides is 1. The molecule has 210 valence electrons. The van der Waals surface area contributed by atoms with E-state index in [1.165, 1.54) is 12.1 Å². The normalized spacial score (nSPS) is 12.7. The maximum atomic E-state index is 14.9. The summed E-state index contributed by atoms with van der Waals surface area (Å²) in [6, 6.07) is 20.7. The monoisotopic (exact) mass is 582 g/mol. The van der Waals surface area contributed by atoms with Crippen molar-refractivity contribution in [1.82, 2.24) is 15.1 Å². The number of hydrogen-bond acceptors (Lipinski definition) is 4. The summed E-state index contributed by atoms with van der Waals surface area (Å²) in [7, 11) is -3.67. The highest BCUT2D eigenvalue weighted by Gasteiger charge is 2.26. The van der Waals surface area contributed by atoms with Gasteiger partial charge in [-0.25, -0.2) is 17.5 Å². The zero-order chi connectivity index (χ0) is 29.2. The fraction of sp³-hybridized carbons (Fsp3) is 0.267. The predicted molar refractivity (Wildman–Crippen MR) is 157 cm³/mol. The summed E-state index contributed by atoms with van der Waals surface area (Å²) in [5, 5.41) is 8.36. The Kier molecular flexibility index (Phi) is 8.37. The average Bonchev–Trinajstić information content (AvgIpc) is 3.30. The molecule has 1 aromatic heterocycles. The van der Waals surface area contributed by atoms with Crippen LogP contribution in [0, 0.1) is 12.7 Å². The second-order valence-corrected chi connectivity index (χ2v) is 13.0. The lowest BCUT2D eigenvalue weighted by molar-refractivity contribution is -0.121. The third-order valence-electron chi connectivity index (χ3n) is 6.34. The molecule has 0 fully saturated rings. The van der Waals surface area contributed by atoms with Crippen molar-refractivity contribution < 1.29 is 17.6 Å². The van der Waals surface area contributed by atoms with Gasteiger partial charge in [0.1, 0.15) is 5.82 Å². The van der Waals surface area contributed by atoms with Gasteiger partial charge in [0.2, 0.25) is 15.9 Å². The third-order valence-corrected chi connectivity index (χ3v) is 7.17. The van der Waals surface area contributed by atoms with Crippen molar-refractivity contribution in [3.63, 3.8) is 0 Å². The van der Waals surface area contributed by atoms with Crippen LogP contribution in [0.5, 0.6) is 0 Å².